The summed E-state index contributed by atoms with van der Waals surface area (Å²) in [6.45, 7) is 8.16. The van der Waals surface area contributed by atoms with Crippen LogP contribution in [0.25, 0.3) is 0 Å². The fourth-order valence-electron chi connectivity index (χ4n) is 4.33. The Morgan fingerprint density at radius 3 is 0.929 bits per heavy atom. The molecule has 0 radical (unpaired) electrons. The van der Waals surface area contributed by atoms with E-state index in [1.54, 1.807) is 41.9 Å². The topological polar surface area (TPSA) is 96.0 Å². The van der Waals surface area contributed by atoms with Crippen molar-refractivity contribution in [1.82, 2.24) is 0 Å². The number of anilines is 4. The van der Waals surface area contributed by atoms with Gasteiger partial charge in [0.05, 0.1) is 40.6 Å². The van der Waals surface area contributed by atoms with Gasteiger partial charge in [0, 0.05) is 22.7 Å². The second-order valence-corrected chi connectivity index (χ2v) is 13.0. The van der Waals surface area contributed by atoms with E-state index in [9.17, 15) is 9.13 Å². The lowest BCUT2D eigenvalue weighted by molar-refractivity contribution is 0.219. The first-order valence-corrected chi connectivity index (χ1v) is 17.4. The van der Waals surface area contributed by atoms with Crippen molar-refractivity contribution in [3.8, 4) is 11.5 Å². The lowest BCUT2D eigenvalue weighted by Gasteiger charge is -2.31. The van der Waals surface area contributed by atoms with Crippen LogP contribution >= 0.6 is 15.2 Å². The van der Waals surface area contributed by atoms with Crippen LogP contribution in [0.2, 0.25) is 0 Å². The van der Waals surface area contributed by atoms with Crippen molar-refractivity contribution < 1.29 is 36.7 Å². The molecule has 42 heavy (non-hydrogen) atoms. The van der Waals surface area contributed by atoms with E-state index < -0.39 is 15.2 Å². The maximum atomic E-state index is 13.6. The number of nitrogens with zero attached hydrogens (tertiary/aromatic N) is 2. The van der Waals surface area contributed by atoms with Gasteiger partial charge < -0.3 is 37.4 Å². The van der Waals surface area contributed by atoms with Gasteiger partial charge in [0.1, 0.15) is 24.1 Å². The zero-order chi connectivity index (χ0) is 30.6. The van der Waals surface area contributed by atoms with Gasteiger partial charge in [-0.3, -0.25) is 9.13 Å². The third kappa shape index (κ3) is 9.08. The quantitative estimate of drug-likeness (QED) is 0.129. The highest BCUT2D eigenvalue weighted by Crippen LogP contribution is 2.52. The molecule has 0 aliphatic rings. The van der Waals surface area contributed by atoms with Crippen LogP contribution in [0.4, 0.5) is 22.7 Å². The number of hydrogen-bond donors (Lipinski definition) is 0. The molecule has 0 aliphatic heterocycles. The second kappa shape index (κ2) is 16.1. The molecule has 0 heterocycles. The fourth-order valence-corrected chi connectivity index (χ4v) is 7.73. The molecule has 3 rings (SSSR count). The molecule has 12 heteroatoms. The molecule has 0 fully saturated rings. The largest absolute Gasteiger partial charge is 0.497 e. The van der Waals surface area contributed by atoms with Crippen LogP contribution in [-0.4, -0.2) is 53.2 Å². The zero-order valence-corrected chi connectivity index (χ0v) is 27.0. The van der Waals surface area contributed by atoms with Crippen molar-refractivity contribution in [2.24, 2.45) is 0 Å². The zero-order valence-electron chi connectivity index (χ0n) is 25.2. The molecule has 0 saturated carbocycles. The van der Waals surface area contributed by atoms with Crippen LogP contribution in [0.15, 0.2) is 72.8 Å². The number of hydrogen-bond acceptors (Lipinski definition) is 10. The molecule has 0 aliphatic carbocycles. The van der Waals surface area contributed by atoms with Gasteiger partial charge in [-0.25, -0.2) is 0 Å². The normalized spacial score (nSPS) is 11.8. The van der Waals surface area contributed by atoms with Crippen molar-refractivity contribution in [1.29, 1.82) is 0 Å². The molecule has 3 aromatic carbocycles. The van der Waals surface area contributed by atoms with Crippen LogP contribution < -0.4 is 19.3 Å². The Hall–Kier alpha value is -2.84. The van der Waals surface area contributed by atoms with Gasteiger partial charge >= 0.3 is 15.2 Å². The van der Waals surface area contributed by atoms with Gasteiger partial charge in [0.15, 0.2) is 0 Å². The minimum atomic E-state index is -3.45. The Balaban J connectivity index is 2.05. The lowest BCUT2D eigenvalue weighted by Crippen LogP contribution is -2.22. The average Bonchev–Trinajstić information content (AvgIpc) is 3.00. The summed E-state index contributed by atoms with van der Waals surface area (Å²) in [7, 11) is -3.69. The van der Waals surface area contributed by atoms with Crippen molar-refractivity contribution in [2.75, 3.05) is 63.0 Å². The maximum absolute atomic E-state index is 13.6. The van der Waals surface area contributed by atoms with Gasteiger partial charge in [0.25, 0.3) is 0 Å². The Morgan fingerprint density at radius 1 is 0.476 bits per heavy atom. The van der Waals surface area contributed by atoms with Crippen molar-refractivity contribution in [3.05, 3.63) is 72.8 Å². The first kappa shape index (κ1) is 33.7. The highest BCUT2D eigenvalue weighted by molar-refractivity contribution is 7.54. The summed E-state index contributed by atoms with van der Waals surface area (Å²) in [5.74, 6) is 1.41. The van der Waals surface area contributed by atoms with Gasteiger partial charge in [-0.2, -0.15) is 0 Å². The lowest BCUT2D eigenvalue weighted by atomic mass is 10.2. The summed E-state index contributed by atoms with van der Waals surface area (Å²) in [6, 6.07) is 22.5. The number of rotatable bonds is 18. The summed E-state index contributed by atoms with van der Waals surface area (Å²) < 4.78 is 60.3. The average molecular weight is 621 g/mol. The minimum absolute atomic E-state index is 0.00638. The fraction of sp³-hybridized carbons (Fsp3) is 0.400. The third-order valence-corrected chi connectivity index (χ3v) is 10.0. The standard InChI is InChI=1S/C30H42N2O8P2/c1-7-37-41(33,38-8-2)23-31(27-15-19-29(35-5)20-16-27)25-11-13-26(14-12-25)32(24-42(34,39-9-3)40-10-4)28-17-21-30(36-6)22-18-28/h11-22H,7-10,23-24H2,1-6H3. The summed E-state index contributed by atoms with van der Waals surface area (Å²) in [6.07, 6.45) is 0.0128. The summed E-state index contributed by atoms with van der Waals surface area (Å²) >= 11 is 0. The summed E-state index contributed by atoms with van der Waals surface area (Å²) in [5.41, 5.74) is 3.09. The van der Waals surface area contributed by atoms with Crippen LogP contribution in [0.5, 0.6) is 11.5 Å². The predicted octanol–water partition coefficient (Wildman–Crippen LogP) is 8.43. The predicted molar refractivity (Wildman–Crippen MR) is 168 cm³/mol. The minimum Gasteiger partial charge on any atom is -0.497 e. The molecular weight excluding hydrogens is 578 g/mol. The molecule has 0 unspecified atom stereocenters. The Morgan fingerprint density at radius 2 is 0.714 bits per heavy atom. The molecule has 0 aromatic heterocycles. The van der Waals surface area contributed by atoms with E-state index in [-0.39, 0.29) is 39.0 Å². The van der Waals surface area contributed by atoms with Crippen molar-refractivity contribution in [3.63, 3.8) is 0 Å². The maximum Gasteiger partial charge on any atom is 0.350 e. The van der Waals surface area contributed by atoms with Crippen LogP contribution in [-0.2, 0) is 27.2 Å². The van der Waals surface area contributed by atoms with E-state index in [0.717, 1.165) is 22.7 Å². The van der Waals surface area contributed by atoms with Crippen LogP contribution in [0.3, 0.4) is 0 Å². The van der Waals surface area contributed by atoms with Crippen molar-refractivity contribution >= 4 is 37.9 Å². The first-order valence-electron chi connectivity index (χ1n) is 13.9. The molecule has 0 N–H and O–H groups in total. The van der Waals surface area contributed by atoms with Gasteiger partial charge in [-0.05, 0) is 100 Å². The molecule has 3 aromatic rings. The summed E-state index contributed by atoms with van der Waals surface area (Å²) in [4.78, 5) is 3.77. The van der Waals surface area contributed by atoms with E-state index in [1.807, 2.05) is 82.6 Å². The third-order valence-electron chi connectivity index (χ3n) is 6.17. The van der Waals surface area contributed by atoms with E-state index in [0.29, 0.717) is 11.5 Å². The smallest absolute Gasteiger partial charge is 0.350 e. The monoisotopic (exact) mass is 620 g/mol. The highest BCUT2D eigenvalue weighted by atomic mass is 31.2. The number of methoxy groups -OCH3 is 2. The van der Waals surface area contributed by atoms with E-state index in [2.05, 4.69) is 0 Å². The van der Waals surface area contributed by atoms with Crippen LogP contribution in [0.1, 0.15) is 27.7 Å². The molecule has 0 saturated heterocycles. The Labute approximate surface area is 249 Å². The van der Waals surface area contributed by atoms with Gasteiger partial charge in [-0.1, -0.05) is 0 Å². The number of benzene rings is 3. The Kier molecular flexibility index (Phi) is 12.9. The molecule has 230 valence electrons. The molecule has 0 spiro atoms. The van der Waals surface area contributed by atoms with Gasteiger partial charge in [0.2, 0.25) is 0 Å². The van der Waals surface area contributed by atoms with E-state index >= 15 is 0 Å². The molecule has 0 bridgehead atoms. The molecule has 0 atom stereocenters. The SMILES string of the molecule is CCOP(=O)(CN(c1ccc(OC)cc1)c1ccc(N(CP(=O)(OCC)OCC)c2ccc(OC)cc2)cc1)OCC. The van der Waals surface area contributed by atoms with Crippen molar-refractivity contribution in [2.45, 2.75) is 27.7 Å². The Bertz CT molecular complexity index is 1200. The van der Waals surface area contributed by atoms with Crippen LogP contribution in [0, 0.1) is 0 Å². The second-order valence-electron chi connectivity index (χ2n) is 8.94. The molecule has 10 nitrogen and oxygen atoms in total. The van der Waals surface area contributed by atoms with Gasteiger partial charge in [-0.15, -0.1) is 0 Å². The first-order chi connectivity index (χ1) is 20.2. The molecule has 0 amide bonds. The number of ether oxygens (including phenoxy) is 2. The van der Waals surface area contributed by atoms with E-state index in [4.69, 9.17) is 27.6 Å². The van der Waals surface area contributed by atoms with E-state index in [1.165, 1.54) is 0 Å². The molecular formula is C30H42N2O8P2. The summed E-state index contributed by atoms with van der Waals surface area (Å²) in [5, 5.41) is 0. The highest BCUT2D eigenvalue weighted by Gasteiger charge is 2.30.